The van der Waals surface area contributed by atoms with Crippen LogP contribution in [0.15, 0.2) is 24.3 Å². The van der Waals surface area contributed by atoms with Crippen LogP contribution in [0.5, 0.6) is 0 Å². The van der Waals surface area contributed by atoms with Crippen LogP contribution in [0.1, 0.15) is 43.1 Å². The highest BCUT2D eigenvalue weighted by Crippen LogP contribution is 2.15. The van der Waals surface area contributed by atoms with Crippen molar-refractivity contribution in [3.05, 3.63) is 41.7 Å². The lowest BCUT2D eigenvalue weighted by atomic mass is 10.3. The summed E-state index contributed by atoms with van der Waals surface area (Å²) in [6.45, 7) is 3.95. The van der Waals surface area contributed by atoms with E-state index in [1.807, 2.05) is 6.92 Å². The summed E-state index contributed by atoms with van der Waals surface area (Å²) in [5.41, 5.74) is 0.270. The lowest BCUT2D eigenvalue weighted by Gasteiger charge is -2.05. The lowest BCUT2D eigenvalue weighted by Crippen LogP contribution is -2.27. The molecular formula is C16H21FN4O2. The van der Waals surface area contributed by atoms with E-state index in [2.05, 4.69) is 15.4 Å². The molecule has 2 rings (SSSR count). The summed E-state index contributed by atoms with van der Waals surface area (Å²) in [6.07, 6.45) is 1.34. The number of nitrogens with one attached hydrogen (secondary N) is 1. The Bertz CT molecular complexity index is 670. The molecule has 2 N–H and O–H groups in total. The van der Waals surface area contributed by atoms with Crippen molar-refractivity contribution < 1.29 is 14.3 Å². The molecular weight excluding hydrogens is 299 g/mol. The maximum atomic E-state index is 14.0. The number of aliphatic hydroxyl groups excluding tert-OH is 1. The highest BCUT2D eigenvalue weighted by Gasteiger charge is 2.18. The molecule has 0 saturated heterocycles. The molecule has 7 heteroatoms. The maximum Gasteiger partial charge on any atom is 0.290 e. The smallest absolute Gasteiger partial charge is 0.290 e. The van der Waals surface area contributed by atoms with Gasteiger partial charge in [-0.2, -0.15) is 0 Å². The molecule has 1 aromatic heterocycles. The van der Waals surface area contributed by atoms with Crippen molar-refractivity contribution in [2.45, 2.75) is 39.2 Å². The van der Waals surface area contributed by atoms with E-state index in [1.54, 1.807) is 25.1 Å². The predicted molar refractivity (Wildman–Crippen MR) is 83.9 cm³/mol. The van der Waals surface area contributed by atoms with Crippen molar-refractivity contribution in [1.82, 2.24) is 20.1 Å². The van der Waals surface area contributed by atoms with Crippen LogP contribution in [-0.2, 0) is 6.42 Å². The zero-order valence-electron chi connectivity index (χ0n) is 13.3. The van der Waals surface area contributed by atoms with Crippen LogP contribution in [0, 0.1) is 5.82 Å². The second-order valence-electron chi connectivity index (χ2n) is 5.36. The number of nitrogens with zero attached hydrogens (tertiary/aromatic N) is 3. The van der Waals surface area contributed by atoms with E-state index in [0.717, 1.165) is 6.42 Å². The first-order valence-electron chi connectivity index (χ1n) is 7.70. The van der Waals surface area contributed by atoms with Gasteiger partial charge in [0.2, 0.25) is 5.82 Å². The Kier molecular flexibility index (Phi) is 5.81. The zero-order chi connectivity index (χ0) is 16.8. The zero-order valence-corrected chi connectivity index (χ0v) is 13.3. The number of benzene rings is 1. The van der Waals surface area contributed by atoms with Crippen LogP contribution in [0.25, 0.3) is 5.69 Å². The third kappa shape index (κ3) is 4.35. The molecule has 0 spiro atoms. The number of para-hydroxylation sites is 1. The molecule has 1 amide bonds. The van der Waals surface area contributed by atoms with Gasteiger partial charge in [0, 0.05) is 13.0 Å². The van der Waals surface area contributed by atoms with E-state index < -0.39 is 17.8 Å². The van der Waals surface area contributed by atoms with E-state index in [-0.39, 0.29) is 11.5 Å². The number of hydrogen-bond donors (Lipinski definition) is 2. The Labute approximate surface area is 134 Å². The number of carbonyl (C=O) groups excluding carboxylic acids is 1. The SMILES string of the molecule is CCCc1nc(C(=O)NCCC(C)O)nn1-c1ccccc1F. The summed E-state index contributed by atoms with van der Waals surface area (Å²) in [5.74, 6) is -0.311. The summed E-state index contributed by atoms with van der Waals surface area (Å²) >= 11 is 0. The number of rotatable bonds is 7. The van der Waals surface area contributed by atoms with Crippen molar-refractivity contribution in [3.63, 3.8) is 0 Å². The van der Waals surface area contributed by atoms with Gasteiger partial charge in [0.05, 0.1) is 6.10 Å². The van der Waals surface area contributed by atoms with Gasteiger partial charge in [0.1, 0.15) is 17.3 Å². The molecule has 0 radical (unpaired) electrons. The van der Waals surface area contributed by atoms with Gasteiger partial charge in [0.15, 0.2) is 0 Å². The molecule has 1 atom stereocenters. The third-order valence-corrected chi connectivity index (χ3v) is 3.28. The highest BCUT2D eigenvalue weighted by molar-refractivity contribution is 5.90. The largest absolute Gasteiger partial charge is 0.393 e. The fourth-order valence-electron chi connectivity index (χ4n) is 2.12. The molecule has 124 valence electrons. The number of halogens is 1. The fourth-order valence-corrected chi connectivity index (χ4v) is 2.12. The van der Waals surface area contributed by atoms with Crippen molar-refractivity contribution in [1.29, 1.82) is 0 Å². The van der Waals surface area contributed by atoms with Crippen molar-refractivity contribution in [2.75, 3.05) is 6.54 Å². The summed E-state index contributed by atoms with van der Waals surface area (Å²) in [4.78, 5) is 16.3. The van der Waals surface area contributed by atoms with Crippen LogP contribution in [0.4, 0.5) is 4.39 Å². The second kappa shape index (κ2) is 7.82. The van der Waals surface area contributed by atoms with Crippen molar-refractivity contribution >= 4 is 5.91 Å². The lowest BCUT2D eigenvalue weighted by molar-refractivity contribution is 0.0935. The number of aliphatic hydroxyl groups is 1. The summed E-state index contributed by atoms with van der Waals surface area (Å²) in [7, 11) is 0. The van der Waals surface area contributed by atoms with E-state index in [1.165, 1.54) is 10.7 Å². The van der Waals surface area contributed by atoms with Crippen molar-refractivity contribution in [3.8, 4) is 5.69 Å². The maximum absolute atomic E-state index is 14.0. The van der Waals surface area contributed by atoms with Crippen LogP contribution in [0.2, 0.25) is 0 Å². The van der Waals surface area contributed by atoms with Gasteiger partial charge in [0.25, 0.3) is 5.91 Å². The minimum atomic E-state index is -0.491. The van der Waals surface area contributed by atoms with Crippen LogP contribution in [0.3, 0.4) is 0 Å². The Morgan fingerprint density at radius 2 is 2.17 bits per heavy atom. The van der Waals surface area contributed by atoms with Gasteiger partial charge < -0.3 is 10.4 Å². The molecule has 6 nitrogen and oxygen atoms in total. The number of aromatic nitrogens is 3. The molecule has 0 aliphatic carbocycles. The number of carbonyl (C=O) groups is 1. The highest BCUT2D eigenvalue weighted by atomic mass is 19.1. The van der Waals surface area contributed by atoms with Gasteiger partial charge in [-0.1, -0.05) is 19.1 Å². The Morgan fingerprint density at radius 3 is 2.83 bits per heavy atom. The summed E-state index contributed by atoms with van der Waals surface area (Å²) < 4.78 is 15.4. The first-order valence-corrected chi connectivity index (χ1v) is 7.70. The third-order valence-electron chi connectivity index (χ3n) is 3.28. The number of hydrogen-bond acceptors (Lipinski definition) is 4. The Morgan fingerprint density at radius 1 is 1.43 bits per heavy atom. The first-order chi connectivity index (χ1) is 11.0. The molecule has 1 unspecified atom stereocenters. The average molecular weight is 320 g/mol. The van der Waals surface area contributed by atoms with Gasteiger partial charge in [-0.05, 0) is 31.9 Å². The minimum absolute atomic E-state index is 0.00213. The van der Waals surface area contributed by atoms with Crippen LogP contribution < -0.4 is 5.32 Å². The molecule has 0 aliphatic rings. The van der Waals surface area contributed by atoms with E-state index in [4.69, 9.17) is 0 Å². The molecule has 0 aliphatic heterocycles. The molecule has 0 fully saturated rings. The topological polar surface area (TPSA) is 80.0 Å². The quantitative estimate of drug-likeness (QED) is 0.816. The molecule has 2 aromatic rings. The number of amides is 1. The van der Waals surface area contributed by atoms with E-state index in [9.17, 15) is 14.3 Å². The fraction of sp³-hybridized carbons (Fsp3) is 0.438. The predicted octanol–water partition coefficient (Wildman–Crippen LogP) is 1.86. The first kappa shape index (κ1) is 17.1. The Hall–Kier alpha value is -2.28. The van der Waals surface area contributed by atoms with Gasteiger partial charge in [-0.15, -0.1) is 5.10 Å². The Balaban J connectivity index is 2.25. The monoisotopic (exact) mass is 320 g/mol. The standard InChI is InChI=1S/C16H21FN4O2/c1-3-6-14-19-15(16(23)18-10-9-11(2)22)20-21(14)13-8-5-4-7-12(13)17/h4-5,7-8,11,22H,3,6,9-10H2,1-2H3,(H,18,23). The summed E-state index contributed by atoms with van der Waals surface area (Å²) in [5, 5.41) is 16.0. The van der Waals surface area contributed by atoms with E-state index >= 15 is 0 Å². The average Bonchev–Trinajstić information content (AvgIpc) is 2.91. The van der Waals surface area contributed by atoms with Crippen LogP contribution in [-0.4, -0.2) is 38.4 Å². The molecule has 1 heterocycles. The van der Waals surface area contributed by atoms with Gasteiger partial charge in [-0.25, -0.2) is 14.1 Å². The van der Waals surface area contributed by atoms with E-state index in [0.29, 0.717) is 25.2 Å². The molecule has 0 saturated carbocycles. The molecule has 0 bridgehead atoms. The second-order valence-corrected chi connectivity index (χ2v) is 5.36. The molecule has 1 aromatic carbocycles. The minimum Gasteiger partial charge on any atom is -0.393 e. The summed E-state index contributed by atoms with van der Waals surface area (Å²) in [6, 6.07) is 6.24. The molecule has 23 heavy (non-hydrogen) atoms. The van der Waals surface area contributed by atoms with Crippen LogP contribution >= 0.6 is 0 Å². The number of aryl methyl sites for hydroxylation is 1. The van der Waals surface area contributed by atoms with Gasteiger partial charge >= 0.3 is 0 Å². The van der Waals surface area contributed by atoms with Crippen molar-refractivity contribution in [2.24, 2.45) is 0 Å². The van der Waals surface area contributed by atoms with Gasteiger partial charge in [-0.3, -0.25) is 4.79 Å². The normalized spacial score (nSPS) is 12.2.